The molecule has 0 heterocycles. The molecule has 0 saturated heterocycles. The molecule has 1 unspecified atom stereocenters. The predicted molar refractivity (Wildman–Crippen MR) is 50.8 cm³/mol. The molecule has 14 heavy (non-hydrogen) atoms. The molecule has 0 saturated carbocycles. The van der Waals surface area contributed by atoms with Gasteiger partial charge >= 0.3 is 0 Å². The first kappa shape index (κ1) is 13.8. The van der Waals surface area contributed by atoms with Crippen LogP contribution in [0.15, 0.2) is 0 Å². The second-order valence-corrected chi connectivity index (χ2v) is 3.29. The summed E-state index contributed by atoms with van der Waals surface area (Å²) in [5, 5.41) is 36.0. The van der Waals surface area contributed by atoms with E-state index in [4.69, 9.17) is 14.9 Å². The van der Waals surface area contributed by atoms with Crippen LogP contribution in [0.2, 0.25) is 0 Å². The van der Waals surface area contributed by atoms with Crippen LogP contribution >= 0.6 is 0 Å². The maximum Gasteiger partial charge on any atom is 0.109 e. The Morgan fingerprint density at radius 2 is 1.64 bits per heavy atom. The summed E-state index contributed by atoms with van der Waals surface area (Å²) in [6, 6.07) is 0. The van der Waals surface area contributed by atoms with Crippen LogP contribution in [0.3, 0.4) is 0 Å². The van der Waals surface area contributed by atoms with E-state index in [1.54, 1.807) is 6.92 Å². The van der Waals surface area contributed by atoms with Crippen LogP contribution < -0.4 is 0 Å². The van der Waals surface area contributed by atoms with E-state index in [1.165, 1.54) is 0 Å². The molecule has 0 bridgehead atoms. The lowest BCUT2D eigenvalue weighted by Crippen LogP contribution is -2.40. The van der Waals surface area contributed by atoms with Crippen LogP contribution in [-0.4, -0.2) is 58.1 Å². The molecule has 0 aromatic heterocycles. The highest BCUT2D eigenvalue weighted by Crippen LogP contribution is 2.10. The first-order valence-corrected chi connectivity index (χ1v) is 4.80. The molecule has 0 spiro atoms. The van der Waals surface area contributed by atoms with Gasteiger partial charge in [0.25, 0.3) is 0 Å². The molecule has 5 nitrogen and oxygen atoms in total. The van der Waals surface area contributed by atoms with Crippen molar-refractivity contribution < 1.29 is 25.2 Å². The maximum atomic E-state index is 9.26. The molecule has 5 heteroatoms. The first-order chi connectivity index (χ1) is 6.56. The van der Waals surface area contributed by atoms with E-state index >= 15 is 0 Å². The van der Waals surface area contributed by atoms with Gasteiger partial charge in [0, 0.05) is 0 Å². The monoisotopic (exact) mass is 208 g/mol. The number of hydrogen-bond donors (Lipinski definition) is 4. The Morgan fingerprint density at radius 1 is 1.07 bits per heavy atom. The van der Waals surface area contributed by atoms with Gasteiger partial charge in [0.05, 0.1) is 25.4 Å². The molecule has 0 aliphatic heterocycles. The van der Waals surface area contributed by atoms with E-state index in [0.29, 0.717) is 6.42 Å². The van der Waals surface area contributed by atoms with E-state index in [0.717, 1.165) is 0 Å². The minimum absolute atomic E-state index is 0.384. The zero-order valence-electron chi connectivity index (χ0n) is 8.63. The van der Waals surface area contributed by atoms with Crippen molar-refractivity contribution in [2.24, 2.45) is 0 Å². The van der Waals surface area contributed by atoms with Gasteiger partial charge in [0.15, 0.2) is 0 Å². The molecule has 0 aliphatic rings. The minimum Gasteiger partial charge on any atom is -0.394 e. The van der Waals surface area contributed by atoms with E-state index in [-0.39, 0.29) is 6.61 Å². The average Bonchev–Trinajstić information content (AvgIpc) is 2.18. The largest absolute Gasteiger partial charge is 0.394 e. The van der Waals surface area contributed by atoms with Crippen molar-refractivity contribution in [1.82, 2.24) is 0 Å². The smallest absolute Gasteiger partial charge is 0.109 e. The Kier molecular flexibility index (Phi) is 7.04. The van der Waals surface area contributed by atoms with Gasteiger partial charge in [-0.25, -0.2) is 0 Å². The lowest BCUT2D eigenvalue weighted by atomic mass is 10.1. The number of rotatable bonds is 7. The van der Waals surface area contributed by atoms with Crippen molar-refractivity contribution in [2.75, 3.05) is 13.2 Å². The lowest BCUT2D eigenvalue weighted by molar-refractivity contribution is -0.136. The quantitative estimate of drug-likeness (QED) is 0.425. The fourth-order valence-electron chi connectivity index (χ4n) is 1.15. The summed E-state index contributed by atoms with van der Waals surface area (Å²) in [5.74, 6) is 0. The summed E-state index contributed by atoms with van der Waals surface area (Å²) in [6.07, 6.45) is -2.49. The van der Waals surface area contributed by atoms with Crippen LogP contribution in [0, 0.1) is 0 Å². The molecule has 86 valence electrons. The molecule has 0 aromatic rings. The van der Waals surface area contributed by atoms with Crippen LogP contribution in [0.1, 0.15) is 20.3 Å². The predicted octanol–water partition coefficient (Wildman–Crippen LogP) is -1.12. The fraction of sp³-hybridized carbons (Fsp3) is 1.00. The molecule has 0 radical (unpaired) electrons. The second kappa shape index (κ2) is 7.14. The lowest BCUT2D eigenvalue weighted by Gasteiger charge is -2.27. The second-order valence-electron chi connectivity index (χ2n) is 3.29. The maximum absolute atomic E-state index is 9.26. The summed E-state index contributed by atoms with van der Waals surface area (Å²) in [5.41, 5.74) is 0. The van der Waals surface area contributed by atoms with Gasteiger partial charge in [-0.05, 0) is 13.3 Å². The third-order valence-electron chi connectivity index (χ3n) is 2.09. The molecule has 0 rings (SSSR count). The standard InChI is InChI=1S/C9H20O5/c1-3-8(6(2)12)14-9(5-11)7(13)4-10/h6-13H,3-5H2,1-2H3/t6-,7-,8+,9?/m0/s1. The first-order valence-electron chi connectivity index (χ1n) is 4.80. The van der Waals surface area contributed by atoms with Crippen molar-refractivity contribution in [3.63, 3.8) is 0 Å². The number of hydrogen-bond acceptors (Lipinski definition) is 5. The summed E-state index contributed by atoms with van der Waals surface area (Å²) >= 11 is 0. The molecule has 4 atom stereocenters. The Labute approximate surface area is 83.9 Å². The summed E-state index contributed by atoms with van der Waals surface area (Å²) in [7, 11) is 0. The van der Waals surface area contributed by atoms with E-state index < -0.39 is 31.0 Å². The van der Waals surface area contributed by atoms with Gasteiger partial charge in [0.2, 0.25) is 0 Å². The van der Waals surface area contributed by atoms with E-state index in [1.807, 2.05) is 6.92 Å². The number of aliphatic hydroxyl groups is 4. The van der Waals surface area contributed by atoms with Gasteiger partial charge < -0.3 is 25.2 Å². The SMILES string of the molecule is CC[C@@H](OC(CO)[C@@H](O)CO)[C@H](C)O. The molecule has 0 aliphatic carbocycles. The Hall–Kier alpha value is -0.200. The van der Waals surface area contributed by atoms with Crippen molar-refractivity contribution >= 4 is 0 Å². The van der Waals surface area contributed by atoms with Crippen molar-refractivity contribution in [1.29, 1.82) is 0 Å². The van der Waals surface area contributed by atoms with Crippen molar-refractivity contribution in [2.45, 2.75) is 44.7 Å². The van der Waals surface area contributed by atoms with Gasteiger partial charge in [-0.15, -0.1) is 0 Å². The Morgan fingerprint density at radius 3 is 1.93 bits per heavy atom. The van der Waals surface area contributed by atoms with Crippen LogP contribution in [0.25, 0.3) is 0 Å². The zero-order chi connectivity index (χ0) is 11.1. The van der Waals surface area contributed by atoms with Gasteiger partial charge in [0.1, 0.15) is 12.2 Å². The van der Waals surface area contributed by atoms with Crippen LogP contribution in [0.5, 0.6) is 0 Å². The third-order valence-corrected chi connectivity index (χ3v) is 2.09. The van der Waals surface area contributed by atoms with Gasteiger partial charge in [-0.2, -0.15) is 0 Å². The van der Waals surface area contributed by atoms with E-state index in [9.17, 15) is 10.2 Å². The third kappa shape index (κ3) is 4.34. The van der Waals surface area contributed by atoms with E-state index in [2.05, 4.69) is 0 Å². The summed E-state index contributed by atoms with van der Waals surface area (Å²) < 4.78 is 5.25. The highest BCUT2D eigenvalue weighted by atomic mass is 16.5. The minimum atomic E-state index is -1.12. The molecular weight excluding hydrogens is 188 g/mol. The van der Waals surface area contributed by atoms with Gasteiger partial charge in [-0.3, -0.25) is 0 Å². The molecular formula is C9H20O5. The fourth-order valence-corrected chi connectivity index (χ4v) is 1.15. The highest BCUT2D eigenvalue weighted by Gasteiger charge is 2.24. The normalized spacial score (nSPS) is 20.1. The summed E-state index contributed by atoms with van der Waals surface area (Å²) in [6.45, 7) is 2.55. The number of ether oxygens (including phenoxy) is 1. The molecule has 0 fully saturated rings. The molecule has 0 aromatic carbocycles. The van der Waals surface area contributed by atoms with Crippen molar-refractivity contribution in [3.8, 4) is 0 Å². The zero-order valence-corrected chi connectivity index (χ0v) is 8.63. The molecule has 4 N–H and O–H groups in total. The Bertz CT molecular complexity index is 139. The topological polar surface area (TPSA) is 90.2 Å². The van der Waals surface area contributed by atoms with Crippen molar-refractivity contribution in [3.05, 3.63) is 0 Å². The van der Waals surface area contributed by atoms with Crippen LogP contribution in [-0.2, 0) is 4.74 Å². The van der Waals surface area contributed by atoms with Gasteiger partial charge in [-0.1, -0.05) is 6.92 Å². The summed E-state index contributed by atoms with van der Waals surface area (Å²) in [4.78, 5) is 0. The highest BCUT2D eigenvalue weighted by molar-refractivity contribution is 4.71. The number of aliphatic hydroxyl groups excluding tert-OH is 4. The average molecular weight is 208 g/mol. The molecule has 0 amide bonds. The van der Waals surface area contributed by atoms with Crippen LogP contribution in [0.4, 0.5) is 0 Å². The Balaban J connectivity index is 4.13.